The van der Waals surface area contributed by atoms with Crippen molar-refractivity contribution in [2.75, 3.05) is 9.80 Å². The van der Waals surface area contributed by atoms with Crippen molar-refractivity contribution in [2.24, 2.45) is 0 Å². The van der Waals surface area contributed by atoms with E-state index in [2.05, 4.69) is 190 Å². The van der Waals surface area contributed by atoms with Crippen molar-refractivity contribution in [1.29, 1.82) is 0 Å². The summed E-state index contributed by atoms with van der Waals surface area (Å²) in [7, 11) is 0. The molecule has 10 rings (SSSR count). The Morgan fingerprint density at radius 2 is 1.20 bits per heavy atom. The van der Waals surface area contributed by atoms with Crippen molar-refractivity contribution in [2.45, 2.75) is 0 Å². The molecule has 5 nitrogen and oxygen atoms in total. The van der Waals surface area contributed by atoms with Crippen LogP contribution in [0.15, 0.2) is 188 Å². The molecule has 266 valence electrons. The Morgan fingerprint density at radius 3 is 1.95 bits per heavy atom. The molecule has 0 fully saturated rings. The molecular formula is C49H32N5Pt-3. The number of anilines is 4. The Labute approximate surface area is 334 Å². The number of para-hydroxylation sites is 2. The van der Waals surface area contributed by atoms with E-state index in [-0.39, 0.29) is 21.1 Å². The van der Waals surface area contributed by atoms with Crippen LogP contribution in [0.25, 0.3) is 38.8 Å². The fraction of sp³-hybridized carbons (Fsp3) is 0. The fourth-order valence-corrected chi connectivity index (χ4v) is 7.58. The van der Waals surface area contributed by atoms with Crippen LogP contribution in [-0.4, -0.2) is 14.5 Å². The molecule has 0 saturated carbocycles. The van der Waals surface area contributed by atoms with Gasteiger partial charge in [0, 0.05) is 56.5 Å². The van der Waals surface area contributed by atoms with Crippen LogP contribution in [0.3, 0.4) is 0 Å². The zero-order valence-electron chi connectivity index (χ0n) is 29.5. The van der Waals surface area contributed by atoms with E-state index < -0.39 is 0 Å². The second-order valence-electron chi connectivity index (χ2n) is 13.2. The second-order valence-corrected chi connectivity index (χ2v) is 13.2. The van der Waals surface area contributed by atoms with Crippen molar-refractivity contribution < 1.29 is 21.1 Å². The average Bonchev–Trinajstić information content (AvgIpc) is 3.80. The first-order chi connectivity index (χ1) is 26.8. The van der Waals surface area contributed by atoms with Crippen LogP contribution >= 0.6 is 0 Å². The van der Waals surface area contributed by atoms with Crippen molar-refractivity contribution in [3.8, 4) is 5.82 Å². The standard InChI is InChI=1S/C49H32N5.Pt/c1-4-15-35(16-5-1)48(36-17-6-2-7-18-36)49(38-26-27-42-41-23-10-11-24-43(41)54(45(42)32-38)47-25-12-13-29-51-47)37-19-14-22-40(31-37)53-34-52(39-20-8-3-9-21-39)44-28-30-50-33-46(44)53;/h1-30,33-34H;/q-3;. The van der Waals surface area contributed by atoms with E-state index in [0.717, 1.165) is 83.8 Å². The molecule has 0 atom stereocenters. The minimum absolute atomic E-state index is 0. The molecule has 1 aliphatic heterocycles. The van der Waals surface area contributed by atoms with Gasteiger partial charge in [0.1, 0.15) is 5.82 Å². The number of benzene rings is 6. The fourth-order valence-electron chi connectivity index (χ4n) is 7.58. The van der Waals surface area contributed by atoms with E-state index in [1.165, 1.54) is 0 Å². The van der Waals surface area contributed by atoms with Gasteiger partial charge in [0.15, 0.2) is 0 Å². The number of aromatic nitrogens is 3. The molecule has 3 aromatic heterocycles. The molecule has 0 N–H and O–H groups in total. The maximum atomic E-state index is 4.79. The molecule has 0 radical (unpaired) electrons. The van der Waals surface area contributed by atoms with Gasteiger partial charge in [-0.1, -0.05) is 114 Å². The SMILES string of the molecule is [Pt].[c-]1c(C(=C(c2ccccc2)c2ccccc2)c2[c-]c3c(cc2)c2ccccc2n3-c2ccccn2)cccc1N1[CH-]N(c2ccccc2)c2ccncc21. The smallest absolute Gasteiger partial charge is 0.136 e. The Bertz CT molecular complexity index is 2760. The summed E-state index contributed by atoms with van der Waals surface area (Å²) in [5.41, 5.74) is 12.3. The van der Waals surface area contributed by atoms with Crippen molar-refractivity contribution in [1.82, 2.24) is 14.5 Å². The van der Waals surface area contributed by atoms with Gasteiger partial charge in [0.2, 0.25) is 0 Å². The van der Waals surface area contributed by atoms with Crippen LogP contribution in [0.5, 0.6) is 0 Å². The topological polar surface area (TPSA) is 37.2 Å². The summed E-state index contributed by atoms with van der Waals surface area (Å²) in [6.07, 6.45) is 5.61. The van der Waals surface area contributed by atoms with Gasteiger partial charge < -0.3 is 14.4 Å². The molecule has 0 spiro atoms. The number of fused-ring (bicyclic) bond motifs is 4. The first-order valence-corrected chi connectivity index (χ1v) is 18.0. The molecule has 0 aliphatic carbocycles. The van der Waals surface area contributed by atoms with Crippen LogP contribution in [0, 0.1) is 18.8 Å². The third-order valence-corrected chi connectivity index (χ3v) is 9.98. The minimum atomic E-state index is 0. The van der Waals surface area contributed by atoms with E-state index in [0.29, 0.717) is 0 Å². The van der Waals surface area contributed by atoms with E-state index in [9.17, 15) is 0 Å². The molecule has 55 heavy (non-hydrogen) atoms. The molecule has 0 unspecified atom stereocenters. The van der Waals surface area contributed by atoms with Gasteiger partial charge in [0.25, 0.3) is 0 Å². The van der Waals surface area contributed by atoms with Gasteiger partial charge in [0.05, 0.1) is 5.69 Å². The molecule has 6 heteroatoms. The number of hydrogen-bond donors (Lipinski definition) is 0. The van der Waals surface area contributed by atoms with Crippen LogP contribution < -0.4 is 9.80 Å². The molecule has 4 heterocycles. The van der Waals surface area contributed by atoms with Crippen LogP contribution in [0.1, 0.15) is 22.3 Å². The Kier molecular flexibility index (Phi) is 9.15. The second kappa shape index (κ2) is 14.7. The third kappa shape index (κ3) is 6.13. The summed E-state index contributed by atoms with van der Waals surface area (Å²) in [6, 6.07) is 66.9. The number of hydrogen-bond acceptors (Lipinski definition) is 4. The van der Waals surface area contributed by atoms with Gasteiger partial charge in [-0.2, -0.15) is 0 Å². The zero-order valence-corrected chi connectivity index (χ0v) is 31.8. The van der Waals surface area contributed by atoms with Gasteiger partial charge in [-0.15, -0.1) is 65.8 Å². The molecule has 0 amide bonds. The number of pyridine rings is 2. The maximum Gasteiger partial charge on any atom is 0.136 e. The van der Waals surface area contributed by atoms with Gasteiger partial charge in [-0.25, -0.2) is 4.98 Å². The average molecular weight is 886 g/mol. The Balaban J connectivity index is 0.00000397. The number of nitrogens with zero attached hydrogens (tertiary/aromatic N) is 5. The first kappa shape index (κ1) is 34.2. The van der Waals surface area contributed by atoms with Crippen molar-refractivity contribution in [3.05, 3.63) is 230 Å². The summed E-state index contributed by atoms with van der Waals surface area (Å²) in [5.74, 6) is 0.849. The Morgan fingerprint density at radius 1 is 0.509 bits per heavy atom. The van der Waals surface area contributed by atoms with Crippen LogP contribution in [0.4, 0.5) is 22.7 Å². The van der Waals surface area contributed by atoms with E-state index in [1.54, 1.807) is 0 Å². The minimum Gasteiger partial charge on any atom is -0.487 e. The molecule has 1 aliphatic rings. The maximum absolute atomic E-state index is 4.79. The summed E-state index contributed by atoms with van der Waals surface area (Å²) in [4.78, 5) is 13.7. The van der Waals surface area contributed by atoms with Crippen molar-refractivity contribution in [3.63, 3.8) is 0 Å². The summed E-state index contributed by atoms with van der Waals surface area (Å²) in [6.45, 7) is 2.12. The predicted octanol–water partition coefficient (Wildman–Crippen LogP) is 11.6. The molecule has 0 saturated heterocycles. The first-order valence-electron chi connectivity index (χ1n) is 18.0. The van der Waals surface area contributed by atoms with E-state index in [4.69, 9.17) is 4.98 Å². The zero-order chi connectivity index (χ0) is 35.8. The normalized spacial score (nSPS) is 12.1. The predicted molar refractivity (Wildman–Crippen MR) is 220 cm³/mol. The summed E-state index contributed by atoms with van der Waals surface area (Å²) < 4.78 is 2.22. The van der Waals surface area contributed by atoms with Crippen LogP contribution in [0.2, 0.25) is 0 Å². The Hall–Kier alpha value is -6.55. The summed E-state index contributed by atoms with van der Waals surface area (Å²) >= 11 is 0. The monoisotopic (exact) mass is 885 g/mol. The molecule has 9 aromatic rings. The molecule has 0 bridgehead atoms. The third-order valence-electron chi connectivity index (χ3n) is 9.98. The van der Waals surface area contributed by atoms with Gasteiger partial charge >= 0.3 is 0 Å². The number of rotatable bonds is 7. The largest absolute Gasteiger partial charge is 0.487 e. The molecular weight excluding hydrogens is 854 g/mol. The van der Waals surface area contributed by atoms with Crippen LogP contribution in [-0.2, 0) is 21.1 Å². The quantitative estimate of drug-likeness (QED) is 0.118. The summed E-state index contributed by atoms with van der Waals surface area (Å²) in [5, 5.41) is 2.28. The van der Waals surface area contributed by atoms with E-state index in [1.807, 2.05) is 36.8 Å². The van der Waals surface area contributed by atoms with E-state index >= 15 is 0 Å². The van der Waals surface area contributed by atoms with Gasteiger partial charge in [-0.3, -0.25) is 4.98 Å². The molecule has 6 aromatic carbocycles. The van der Waals surface area contributed by atoms with Crippen molar-refractivity contribution >= 4 is 55.7 Å². The van der Waals surface area contributed by atoms with Gasteiger partial charge in [-0.05, 0) is 64.0 Å².